The van der Waals surface area contributed by atoms with Gasteiger partial charge >= 0.3 is 0 Å². The van der Waals surface area contributed by atoms with Gasteiger partial charge in [-0.15, -0.1) is 0 Å². The molecule has 2 N–H and O–H groups in total. The first-order valence-corrected chi connectivity index (χ1v) is 10.3. The molecule has 0 saturated heterocycles. The maximum absolute atomic E-state index is 13.4. The summed E-state index contributed by atoms with van der Waals surface area (Å²) in [5.41, 5.74) is 3.55. The van der Waals surface area contributed by atoms with Gasteiger partial charge in [0.15, 0.2) is 0 Å². The normalized spacial score (nSPS) is 13.5. The molecule has 3 amide bonds. The van der Waals surface area contributed by atoms with Crippen molar-refractivity contribution in [2.24, 2.45) is 0 Å². The minimum Gasteiger partial charge on any atom is -0.350 e. The Morgan fingerprint density at radius 2 is 1.59 bits per heavy atom. The van der Waals surface area contributed by atoms with Crippen molar-refractivity contribution in [3.8, 4) is 0 Å². The van der Waals surface area contributed by atoms with Crippen molar-refractivity contribution < 1.29 is 14.4 Å². The van der Waals surface area contributed by atoms with E-state index in [2.05, 4.69) is 10.6 Å². The van der Waals surface area contributed by atoms with Gasteiger partial charge < -0.3 is 10.6 Å². The molecule has 0 atom stereocenters. The number of carbonyl (C=O) groups is 3. The molecule has 0 radical (unpaired) electrons. The van der Waals surface area contributed by atoms with Crippen LogP contribution in [-0.4, -0.2) is 17.7 Å². The lowest BCUT2D eigenvalue weighted by Gasteiger charge is -2.15. The molecule has 4 rings (SSSR count). The molecule has 0 bridgehead atoms. The van der Waals surface area contributed by atoms with Crippen LogP contribution in [0, 0.1) is 6.92 Å². The molecule has 1 heterocycles. The smallest absolute Gasteiger partial charge is 0.282 e. The number of benzene rings is 3. The average molecular weight is 446 g/mol. The standard InChI is InChI=1S/C25H20ClN3O3/c1-15-8-11-18(26)14-21(15)28-23-22(17-9-12-19(13-10-17)27-16(2)30)24(31)29(25(23)32)20-6-4-3-5-7-20/h3-14,28H,1-2H3,(H,27,30). The van der Waals surface area contributed by atoms with Crippen molar-refractivity contribution in [2.45, 2.75) is 13.8 Å². The van der Waals surface area contributed by atoms with Crippen LogP contribution >= 0.6 is 11.6 Å². The van der Waals surface area contributed by atoms with E-state index in [-0.39, 0.29) is 17.2 Å². The van der Waals surface area contributed by atoms with E-state index >= 15 is 0 Å². The molecule has 0 unspecified atom stereocenters. The Labute approximate surface area is 190 Å². The van der Waals surface area contributed by atoms with Crippen molar-refractivity contribution in [1.82, 2.24) is 0 Å². The van der Waals surface area contributed by atoms with Crippen LogP contribution < -0.4 is 15.5 Å². The Bertz CT molecular complexity index is 1250. The fourth-order valence-electron chi connectivity index (χ4n) is 3.51. The number of carbonyl (C=O) groups excluding carboxylic acids is 3. The fourth-order valence-corrected chi connectivity index (χ4v) is 3.68. The van der Waals surface area contributed by atoms with Crippen LogP contribution in [0.15, 0.2) is 78.5 Å². The van der Waals surface area contributed by atoms with Crippen LogP contribution in [-0.2, 0) is 14.4 Å². The maximum atomic E-state index is 13.4. The molecule has 32 heavy (non-hydrogen) atoms. The highest BCUT2D eigenvalue weighted by Gasteiger charge is 2.40. The summed E-state index contributed by atoms with van der Waals surface area (Å²) >= 11 is 6.15. The number of anilines is 3. The summed E-state index contributed by atoms with van der Waals surface area (Å²) in [6.45, 7) is 3.31. The number of imide groups is 1. The lowest BCUT2D eigenvalue weighted by Crippen LogP contribution is -2.32. The number of hydrogen-bond acceptors (Lipinski definition) is 4. The zero-order valence-corrected chi connectivity index (χ0v) is 18.2. The Morgan fingerprint density at radius 3 is 2.25 bits per heavy atom. The lowest BCUT2D eigenvalue weighted by molar-refractivity contribution is -0.120. The maximum Gasteiger partial charge on any atom is 0.282 e. The molecule has 1 aliphatic rings. The number of nitrogens with zero attached hydrogens (tertiary/aromatic N) is 1. The van der Waals surface area contributed by atoms with Gasteiger partial charge in [-0.2, -0.15) is 0 Å². The fraction of sp³-hybridized carbons (Fsp3) is 0.0800. The van der Waals surface area contributed by atoms with Crippen LogP contribution in [0.25, 0.3) is 5.57 Å². The monoisotopic (exact) mass is 445 g/mol. The lowest BCUT2D eigenvalue weighted by atomic mass is 10.0. The summed E-state index contributed by atoms with van der Waals surface area (Å²) in [5, 5.41) is 6.34. The minimum absolute atomic E-state index is 0.163. The van der Waals surface area contributed by atoms with Gasteiger partial charge in [0, 0.05) is 23.3 Å². The number of aryl methyl sites for hydroxylation is 1. The molecule has 6 nitrogen and oxygen atoms in total. The number of para-hydroxylation sites is 1. The molecular weight excluding hydrogens is 426 g/mol. The predicted molar refractivity (Wildman–Crippen MR) is 126 cm³/mol. The van der Waals surface area contributed by atoms with Crippen LogP contribution in [0.3, 0.4) is 0 Å². The Hall–Kier alpha value is -3.90. The first-order valence-electron chi connectivity index (χ1n) is 9.94. The average Bonchev–Trinajstić information content (AvgIpc) is 3.01. The highest BCUT2D eigenvalue weighted by Crippen LogP contribution is 2.35. The van der Waals surface area contributed by atoms with Crippen molar-refractivity contribution in [3.63, 3.8) is 0 Å². The zero-order valence-electron chi connectivity index (χ0n) is 17.5. The second-order valence-corrected chi connectivity index (χ2v) is 7.81. The van der Waals surface area contributed by atoms with E-state index in [0.29, 0.717) is 27.6 Å². The highest BCUT2D eigenvalue weighted by atomic mass is 35.5. The third kappa shape index (κ3) is 4.13. The van der Waals surface area contributed by atoms with E-state index < -0.39 is 11.8 Å². The van der Waals surface area contributed by atoms with E-state index in [0.717, 1.165) is 10.5 Å². The minimum atomic E-state index is -0.457. The van der Waals surface area contributed by atoms with Gasteiger partial charge in [0.1, 0.15) is 5.70 Å². The third-order valence-electron chi connectivity index (χ3n) is 5.05. The van der Waals surface area contributed by atoms with Gasteiger partial charge in [-0.05, 0) is 54.4 Å². The quantitative estimate of drug-likeness (QED) is 0.541. The highest BCUT2D eigenvalue weighted by molar-refractivity contribution is 6.46. The van der Waals surface area contributed by atoms with Crippen molar-refractivity contribution in [2.75, 3.05) is 15.5 Å². The zero-order chi connectivity index (χ0) is 22.8. The first kappa shape index (κ1) is 21.3. The molecule has 0 spiro atoms. The van der Waals surface area contributed by atoms with Crippen LogP contribution in [0.4, 0.5) is 17.1 Å². The summed E-state index contributed by atoms with van der Waals surface area (Å²) < 4.78 is 0. The molecule has 160 valence electrons. The van der Waals surface area contributed by atoms with E-state index in [1.54, 1.807) is 60.7 Å². The van der Waals surface area contributed by atoms with Crippen LogP contribution in [0.5, 0.6) is 0 Å². The van der Waals surface area contributed by atoms with E-state index in [1.165, 1.54) is 6.92 Å². The number of nitrogens with one attached hydrogen (secondary N) is 2. The van der Waals surface area contributed by atoms with Crippen LogP contribution in [0.2, 0.25) is 5.02 Å². The van der Waals surface area contributed by atoms with Gasteiger partial charge in [-0.25, -0.2) is 4.90 Å². The molecule has 0 aromatic heterocycles. The number of hydrogen-bond donors (Lipinski definition) is 2. The van der Waals surface area contributed by atoms with Crippen LogP contribution in [0.1, 0.15) is 18.1 Å². The second-order valence-electron chi connectivity index (χ2n) is 7.37. The SMILES string of the molecule is CC(=O)Nc1ccc(C2=C(Nc3cc(Cl)ccc3C)C(=O)N(c3ccccc3)C2=O)cc1. The summed E-state index contributed by atoms with van der Waals surface area (Å²) in [4.78, 5) is 39.3. The van der Waals surface area contributed by atoms with Gasteiger partial charge in [-0.1, -0.05) is 48.0 Å². The predicted octanol–water partition coefficient (Wildman–Crippen LogP) is 5.00. The topological polar surface area (TPSA) is 78.5 Å². The Balaban J connectivity index is 1.81. The first-order chi connectivity index (χ1) is 15.3. The Kier molecular flexibility index (Phi) is 5.79. The molecular formula is C25H20ClN3O3. The molecule has 1 aliphatic heterocycles. The second kappa shape index (κ2) is 8.69. The molecule has 0 aliphatic carbocycles. The molecule has 0 saturated carbocycles. The number of rotatable bonds is 5. The van der Waals surface area contributed by atoms with Gasteiger partial charge in [0.25, 0.3) is 11.8 Å². The van der Waals surface area contributed by atoms with Crippen molar-refractivity contribution >= 4 is 52.0 Å². The van der Waals surface area contributed by atoms with Crippen molar-refractivity contribution in [3.05, 3.63) is 94.6 Å². The Morgan fingerprint density at radius 1 is 0.906 bits per heavy atom. The molecule has 7 heteroatoms. The largest absolute Gasteiger partial charge is 0.350 e. The summed E-state index contributed by atoms with van der Waals surface area (Å²) in [6.07, 6.45) is 0. The third-order valence-corrected chi connectivity index (χ3v) is 5.29. The number of amides is 3. The van der Waals surface area contributed by atoms with Crippen molar-refractivity contribution in [1.29, 1.82) is 0 Å². The summed E-state index contributed by atoms with van der Waals surface area (Å²) in [7, 11) is 0. The molecule has 3 aromatic rings. The van der Waals surface area contributed by atoms with Gasteiger partial charge in [-0.3, -0.25) is 14.4 Å². The van der Waals surface area contributed by atoms with Gasteiger partial charge in [0.05, 0.1) is 11.3 Å². The number of halogens is 1. The van der Waals surface area contributed by atoms with E-state index in [9.17, 15) is 14.4 Å². The molecule has 3 aromatic carbocycles. The molecule has 0 fully saturated rings. The van der Waals surface area contributed by atoms with E-state index in [1.807, 2.05) is 19.1 Å². The van der Waals surface area contributed by atoms with Gasteiger partial charge in [0.2, 0.25) is 5.91 Å². The van der Waals surface area contributed by atoms with E-state index in [4.69, 9.17) is 11.6 Å². The summed E-state index contributed by atoms with van der Waals surface area (Å²) in [6, 6.07) is 20.9. The summed E-state index contributed by atoms with van der Waals surface area (Å²) in [5.74, 6) is -1.09.